The maximum absolute atomic E-state index is 14.6. The highest BCUT2D eigenvalue weighted by atomic mass is 19.3. The Hall–Kier alpha value is -3.29. The van der Waals surface area contributed by atoms with E-state index in [0.717, 1.165) is 0 Å². The molecule has 2 unspecified atom stereocenters. The molecule has 0 spiro atoms. The number of aliphatic hydroxyl groups excluding tert-OH is 1. The topological polar surface area (TPSA) is 142 Å². The maximum atomic E-state index is 14.6. The molecule has 2 heterocycles. The van der Waals surface area contributed by atoms with E-state index in [0.29, 0.717) is 12.1 Å². The van der Waals surface area contributed by atoms with Crippen molar-refractivity contribution in [2.75, 3.05) is 0 Å². The lowest BCUT2D eigenvalue weighted by atomic mass is 9.79. The number of fused-ring (bicyclic) bond motifs is 1. The van der Waals surface area contributed by atoms with Gasteiger partial charge in [-0.15, -0.1) is 0 Å². The molecular formula is C27H36F4N6O4. The van der Waals surface area contributed by atoms with E-state index in [4.69, 9.17) is 10.1 Å². The van der Waals surface area contributed by atoms with Gasteiger partial charge >= 0.3 is 6.09 Å². The number of nitrogens with zero attached hydrogens (tertiary/aromatic N) is 3. The van der Waals surface area contributed by atoms with Crippen molar-refractivity contribution in [2.24, 2.45) is 17.3 Å². The molecule has 10 nitrogen and oxygen atoms in total. The van der Waals surface area contributed by atoms with Gasteiger partial charge in [0.2, 0.25) is 11.8 Å². The van der Waals surface area contributed by atoms with Crippen LogP contribution in [0.2, 0.25) is 0 Å². The van der Waals surface area contributed by atoms with Crippen LogP contribution in [-0.2, 0) is 9.53 Å². The molecule has 2 aliphatic carbocycles. The molecule has 226 valence electrons. The van der Waals surface area contributed by atoms with Crippen LogP contribution in [-0.4, -0.2) is 55.4 Å². The molecule has 2 fully saturated rings. The second-order valence-corrected chi connectivity index (χ2v) is 12.5. The van der Waals surface area contributed by atoms with Crippen molar-refractivity contribution in [1.82, 2.24) is 25.2 Å². The number of carbonyl (C=O) groups is 2. The van der Waals surface area contributed by atoms with Crippen LogP contribution in [0, 0.1) is 22.7 Å². The largest absolute Gasteiger partial charge is 0.444 e. The second kappa shape index (κ2) is 10.8. The quantitative estimate of drug-likeness (QED) is 0.187. The Morgan fingerprint density at radius 2 is 1.95 bits per heavy atom. The predicted molar refractivity (Wildman–Crippen MR) is 140 cm³/mol. The van der Waals surface area contributed by atoms with Crippen molar-refractivity contribution >= 4 is 23.9 Å². The number of alkyl carbamates (subject to hydrolysis) is 1. The third-order valence-corrected chi connectivity index (χ3v) is 7.85. The Balaban J connectivity index is 1.54. The second-order valence-electron chi connectivity index (χ2n) is 12.5. The monoisotopic (exact) mass is 584 g/mol. The number of hydrogen-bond acceptors (Lipinski definition) is 7. The standard InChI is InChI=1S/C27H36F4N6O4/c1-24(2,3)41-23(40)36-21(16-5-6-25(4,11-16)27(30,31)14-32)18-13-37-19(34-18)8-17(12-33-37)22(39)35-20(38)7-15-9-26(28,29)10-15/h8,12-16,21-22,32,39H,5-7,9-11H2,1-4H3,(H,35,38)(H,36,40)/t16?,21?,22-,25+/m1/s1. The van der Waals surface area contributed by atoms with Gasteiger partial charge in [0.05, 0.1) is 30.3 Å². The predicted octanol–water partition coefficient (Wildman–Crippen LogP) is 4.93. The Morgan fingerprint density at radius 3 is 2.56 bits per heavy atom. The molecular weight excluding hydrogens is 548 g/mol. The molecule has 4 rings (SSSR count). The molecule has 0 aliphatic heterocycles. The molecule has 4 atom stereocenters. The van der Waals surface area contributed by atoms with E-state index in [1.807, 2.05) is 0 Å². The fourth-order valence-corrected chi connectivity index (χ4v) is 5.61. The highest BCUT2D eigenvalue weighted by Crippen LogP contribution is 2.53. The average molecular weight is 585 g/mol. The zero-order valence-electron chi connectivity index (χ0n) is 23.4. The van der Waals surface area contributed by atoms with Crippen molar-refractivity contribution in [3.8, 4) is 0 Å². The number of imidazole rings is 1. The van der Waals surface area contributed by atoms with Gasteiger partial charge in [-0.2, -0.15) is 13.9 Å². The Bertz CT molecular complexity index is 1300. The van der Waals surface area contributed by atoms with Crippen molar-refractivity contribution in [2.45, 2.75) is 95.9 Å². The van der Waals surface area contributed by atoms with E-state index < -0.39 is 59.0 Å². The molecule has 41 heavy (non-hydrogen) atoms. The van der Waals surface area contributed by atoms with Gasteiger partial charge in [-0.3, -0.25) is 4.79 Å². The van der Waals surface area contributed by atoms with Crippen LogP contribution in [0.4, 0.5) is 22.4 Å². The summed E-state index contributed by atoms with van der Waals surface area (Å²) in [7, 11) is 0. The van der Waals surface area contributed by atoms with Crippen LogP contribution in [0.25, 0.3) is 5.65 Å². The number of rotatable bonds is 9. The molecule has 2 aromatic rings. The summed E-state index contributed by atoms with van der Waals surface area (Å²) in [6, 6.07) is 0.648. The number of alkyl halides is 4. The SMILES string of the molecule is CC(C)(C)OC(=O)NC(c1cn2ncc([C@@H](O)NC(=O)CC3CC(F)(F)C3)cc2n1)C1CC[C@](C)(C(F)(F)C=N)C1. The third-order valence-electron chi connectivity index (χ3n) is 7.85. The fraction of sp³-hybridized carbons (Fsp3) is 0.667. The molecule has 4 N–H and O–H groups in total. The van der Waals surface area contributed by atoms with E-state index in [-0.39, 0.29) is 49.5 Å². The summed E-state index contributed by atoms with van der Waals surface area (Å²) in [5.41, 5.74) is -1.50. The molecule has 0 aromatic carbocycles. The molecule has 14 heteroatoms. The summed E-state index contributed by atoms with van der Waals surface area (Å²) in [5.74, 6) is -7.54. The molecule has 2 aromatic heterocycles. The van der Waals surface area contributed by atoms with E-state index in [1.165, 1.54) is 29.9 Å². The number of ether oxygens (including phenoxy) is 1. The number of hydrogen-bond donors (Lipinski definition) is 4. The van der Waals surface area contributed by atoms with Crippen LogP contribution in [0.5, 0.6) is 0 Å². The fourth-order valence-electron chi connectivity index (χ4n) is 5.61. The van der Waals surface area contributed by atoms with Crippen LogP contribution in [0.15, 0.2) is 18.5 Å². The van der Waals surface area contributed by atoms with Gasteiger partial charge < -0.3 is 25.9 Å². The third kappa shape index (κ3) is 6.96. The van der Waals surface area contributed by atoms with Crippen LogP contribution >= 0.6 is 0 Å². The number of nitrogens with one attached hydrogen (secondary N) is 3. The van der Waals surface area contributed by atoms with Crippen LogP contribution < -0.4 is 10.6 Å². The number of aliphatic hydroxyl groups is 1. The van der Waals surface area contributed by atoms with Gasteiger partial charge in [-0.05, 0) is 57.9 Å². The van der Waals surface area contributed by atoms with Gasteiger partial charge in [-0.25, -0.2) is 23.1 Å². The van der Waals surface area contributed by atoms with Crippen molar-refractivity contribution in [3.05, 3.63) is 29.7 Å². The zero-order chi connectivity index (χ0) is 30.4. The lowest BCUT2D eigenvalue weighted by Crippen LogP contribution is -2.40. The van der Waals surface area contributed by atoms with E-state index in [2.05, 4.69) is 20.7 Å². The minimum Gasteiger partial charge on any atom is -0.444 e. The average Bonchev–Trinajstić information content (AvgIpc) is 3.44. The van der Waals surface area contributed by atoms with E-state index in [1.54, 1.807) is 20.8 Å². The van der Waals surface area contributed by atoms with Crippen molar-refractivity contribution < 1.29 is 37.0 Å². The highest BCUT2D eigenvalue weighted by Gasteiger charge is 2.54. The van der Waals surface area contributed by atoms with Crippen LogP contribution in [0.1, 0.15) is 89.7 Å². The van der Waals surface area contributed by atoms with E-state index in [9.17, 15) is 32.3 Å². The number of carbonyl (C=O) groups excluding carboxylic acids is 2. The number of aromatic nitrogens is 3. The summed E-state index contributed by atoms with van der Waals surface area (Å²) in [6.45, 7) is 6.51. The number of halogens is 4. The van der Waals surface area contributed by atoms with Gasteiger partial charge in [0.15, 0.2) is 11.9 Å². The first kappa shape index (κ1) is 30.7. The summed E-state index contributed by atoms with van der Waals surface area (Å²) < 4.78 is 62.1. The molecule has 2 saturated carbocycles. The smallest absolute Gasteiger partial charge is 0.408 e. The molecule has 0 radical (unpaired) electrons. The van der Waals surface area contributed by atoms with Gasteiger partial charge in [-0.1, -0.05) is 6.92 Å². The maximum Gasteiger partial charge on any atom is 0.408 e. The molecule has 2 amide bonds. The summed E-state index contributed by atoms with van der Waals surface area (Å²) in [6.07, 6.45) is 0.410. The van der Waals surface area contributed by atoms with Crippen molar-refractivity contribution in [3.63, 3.8) is 0 Å². The normalized spacial score (nSPS) is 24.4. The van der Waals surface area contributed by atoms with E-state index >= 15 is 0 Å². The molecule has 0 bridgehead atoms. The summed E-state index contributed by atoms with van der Waals surface area (Å²) in [5, 5.41) is 27.1. The lowest BCUT2D eigenvalue weighted by Gasteiger charge is -2.34. The lowest BCUT2D eigenvalue weighted by molar-refractivity contribution is -0.136. The van der Waals surface area contributed by atoms with Crippen LogP contribution in [0.3, 0.4) is 0 Å². The summed E-state index contributed by atoms with van der Waals surface area (Å²) in [4.78, 5) is 29.5. The minimum absolute atomic E-state index is 0.0140. The molecule has 0 saturated heterocycles. The molecule has 2 aliphatic rings. The van der Waals surface area contributed by atoms with Gasteiger partial charge in [0.25, 0.3) is 5.92 Å². The number of amides is 2. The Labute approximate surface area is 234 Å². The Kier molecular flexibility index (Phi) is 8.11. The first-order valence-corrected chi connectivity index (χ1v) is 13.5. The van der Waals surface area contributed by atoms with Gasteiger partial charge in [0, 0.05) is 30.2 Å². The summed E-state index contributed by atoms with van der Waals surface area (Å²) >= 11 is 0. The van der Waals surface area contributed by atoms with Crippen molar-refractivity contribution in [1.29, 1.82) is 5.41 Å². The minimum atomic E-state index is -3.33. The zero-order valence-corrected chi connectivity index (χ0v) is 23.4. The first-order chi connectivity index (χ1) is 18.9. The first-order valence-electron chi connectivity index (χ1n) is 13.5. The Morgan fingerprint density at radius 1 is 1.27 bits per heavy atom. The highest BCUT2D eigenvalue weighted by molar-refractivity contribution is 5.76. The van der Waals surface area contributed by atoms with Gasteiger partial charge in [0.1, 0.15) is 5.60 Å².